The van der Waals surface area contributed by atoms with E-state index in [-0.39, 0.29) is 18.2 Å². The molecule has 0 unspecified atom stereocenters. The first kappa shape index (κ1) is 18.9. The van der Waals surface area contributed by atoms with Crippen LogP contribution in [-0.4, -0.2) is 37.9 Å². The van der Waals surface area contributed by atoms with Gasteiger partial charge in [-0.3, -0.25) is 4.79 Å². The zero-order valence-corrected chi connectivity index (χ0v) is 14.5. The van der Waals surface area contributed by atoms with E-state index in [0.29, 0.717) is 11.5 Å². The minimum absolute atomic E-state index is 0.141. The highest BCUT2D eigenvalue weighted by Crippen LogP contribution is 2.11. The Hall–Kier alpha value is -2.46. The van der Waals surface area contributed by atoms with Gasteiger partial charge in [-0.2, -0.15) is 0 Å². The topological polar surface area (TPSA) is 111 Å². The lowest BCUT2D eigenvalue weighted by Gasteiger charge is -2.13. The Morgan fingerprint density at radius 1 is 1.36 bits per heavy atom. The van der Waals surface area contributed by atoms with Gasteiger partial charge in [0.05, 0.1) is 11.8 Å². The minimum Gasteiger partial charge on any atom is -0.492 e. The van der Waals surface area contributed by atoms with Crippen molar-refractivity contribution in [1.82, 2.24) is 9.88 Å². The van der Waals surface area contributed by atoms with Crippen LogP contribution in [0.25, 0.3) is 0 Å². The Balaban J connectivity index is 1.80. The Kier molecular flexibility index (Phi) is 6.10. The van der Waals surface area contributed by atoms with E-state index < -0.39 is 27.8 Å². The van der Waals surface area contributed by atoms with Gasteiger partial charge >= 0.3 is 0 Å². The maximum Gasteiger partial charge on any atom is 0.243 e. The van der Waals surface area contributed by atoms with Crippen LogP contribution in [0.3, 0.4) is 0 Å². The number of carbonyl (C=O) groups excluding carboxylic acids is 1. The molecule has 0 radical (unpaired) electrons. The summed E-state index contributed by atoms with van der Waals surface area (Å²) in [6, 6.07) is 5.71. The number of aryl methyl sites for hydroxylation is 1. The number of ether oxygens (including phenoxy) is 1. The number of carbonyl (C=O) groups is 1. The number of nitrogens with one attached hydrogen (secondary N) is 2. The summed E-state index contributed by atoms with van der Waals surface area (Å²) in [6.07, 6.45) is 0. The van der Waals surface area contributed by atoms with Gasteiger partial charge in [-0.15, -0.1) is 0 Å². The highest BCUT2D eigenvalue weighted by Gasteiger charge is 2.21. The number of aromatic nitrogens is 1. The van der Waals surface area contributed by atoms with Crippen LogP contribution in [0.5, 0.6) is 5.75 Å². The van der Waals surface area contributed by atoms with E-state index in [4.69, 9.17) is 9.26 Å². The van der Waals surface area contributed by atoms with Gasteiger partial charge in [0, 0.05) is 6.07 Å². The summed E-state index contributed by atoms with van der Waals surface area (Å²) in [6.45, 7) is 2.92. The van der Waals surface area contributed by atoms with Crippen molar-refractivity contribution < 1.29 is 26.9 Å². The average Bonchev–Trinajstić information content (AvgIpc) is 2.93. The molecular weight excluding hydrogens is 353 g/mol. The maximum absolute atomic E-state index is 12.8. The molecule has 25 heavy (non-hydrogen) atoms. The quantitative estimate of drug-likeness (QED) is 0.727. The summed E-state index contributed by atoms with van der Waals surface area (Å²) in [4.78, 5) is 11.9. The molecule has 2 rings (SSSR count). The van der Waals surface area contributed by atoms with E-state index in [1.54, 1.807) is 6.92 Å². The third kappa shape index (κ3) is 6.16. The average molecular weight is 371 g/mol. The highest BCUT2D eigenvalue weighted by atomic mass is 32.2. The number of nitrogens with zero attached hydrogens (tertiary/aromatic N) is 1. The molecule has 2 N–H and O–H groups in total. The second-order valence-corrected chi connectivity index (χ2v) is 7.15. The molecule has 2 aromatic rings. The molecule has 136 valence electrons. The molecular formula is C15H18FN3O5S. The van der Waals surface area contributed by atoms with Gasteiger partial charge in [0.25, 0.3) is 0 Å². The van der Waals surface area contributed by atoms with Gasteiger partial charge < -0.3 is 14.6 Å². The van der Waals surface area contributed by atoms with Crippen LogP contribution in [0.4, 0.5) is 10.2 Å². The minimum atomic E-state index is -3.74. The fourth-order valence-electron chi connectivity index (χ4n) is 1.84. The van der Waals surface area contributed by atoms with Crippen molar-refractivity contribution in [3.8, 4) is 5.75 Å². The van der Waals surface area contributed by atoms with Gasteiger partial charge in [-0.1, -0.05) is 5.16 Å². The van der Waals surface area contributed by atoms with Gasteiger partial charge in [0.15, 0.2) is 5.82 Å². The van der Waals surface area contributed by atoms with Crippen LogP contribution in [0.2, 0.25) is 0 Å². The molecule has 1 amide bonds. The number of sulfonamides is 1. The number of rotatable bonds is 8. The first-order valence-corrected chi connectivity index (χ1v) is 9.03. The van der Waals surface area contributed by atoms with Crippen LogP contribution in [0, 0.1) is 12.7 Å². The molecule has 10 heteroatoms. The zero-order valence-electron chi connectivity index (χ0n) is 13.7. The van der Waals surface area contributed by atoms with Gasteiger partial charge in [-0.25, -0.2) is 17.5 Å². The number of amides is 1. The van der Waals surface area contributed by atoms with Crippen molar-refractivity contribution in [3.63, 3.8) is 0 Å². The Labute approximate surface area is 144 Å². The highest BCUT2D eigenvalue weighted by molar-refractivity contribution is 7.89. The standard InChI is InChI=1S/C15H18FN3O5S/c1-10-9-14(18-24-10)17-15(20)11(2)19-25(21,22)8-7-23-13-5-3-12(16)4-6-13/h3-6,9,11,19H,7-8H2,1-2H3,(H,17,18,20)/t11-/m1/s1. The van der Waals surface area contributed by atoms with E-state index in [2.05, 4.69) is 15.2 Å². The summed E-state index contributed by atoms with van der Waals surface area (Å²) in [5.41, 5.74) is 0. The Morgan fingerprint density at radius 2 is 2.04 bits per heavy atom. The molecule has 0 aliphatic carbocycles. The SMILES string of the molecule is Cc1cc(NC(=O)[C@@H](C)NS(=O)(=O)CCOc2ccc(F)cc2)no1. The second-order valence-electron chi connectivity index (χ2n) is 5.27. The fourth-order valence-corrected chi connectivity index (χ4v) is 2.91. The molecule has 1 atom stereocenters. The van der Waals surface area contributed by atoms with Crippen molar-refractivity contribution in [3.05, 3.63) is 41.9 Å². The van der Waals surface area contributed by atoms with Gasteiger partial charge in [-0.05, 0) is 38.1 Å². The third-order valence-corrected chi connectivity index (χ3v) is 4.48. The van der Waals surface area contributed by atoms with E-state index >= 15 is 0 Å². The van der Waals surface area contributed by atoms with Gasteiger partial charge in [0.1, 0.15) is 23.9 Å². The maximum atomic E-state index is 12.8. The smallest absolute Gasteiger partial charge is 0.243 e. The molecule has 8 nitrogen and oxygen atoms in total. The summed E-state index contributed by atoms with van der Waals surface area (Å²) in [5.74, 6) is -0.274. The molecule has 0 saturated carbocycles. The lowest BCUT2D eigenvalue weighted by molar-refractivity contribution is -0.117. The van der Waals surface area contributed by atoms with E-state index in [0.717, 1.165) is 0 Å². The van der Waals surface area contributed by atoms with Crippen LogP contribution in [-0.2, 0) is 14.8 Å². The molecule has 0 spiro atoms. The number of anilines is 1. The molecule has 1 aromatic carbocycles. The van der Waals surface area contributed by atoms with E-state index in [1.807, 2.05) is 0 Å². The molecule has 0 aliphatic heterocycles. The monoisotopic (exact) mass is 371 g/mol. The van der Waals surface area contributed by atoms with Crippen molar-refractivity contribution in [2.75, 3.05) is 17.7 Å². The summed E-state index contributed by atoms with van der Waals surface area (Å²) >= 11 is 0. The lowest BCUT2D eigenvalue weighted by Crippen LogP contribution is -2.43. The van der Waals surface area contributed by atoms with Crippen LogP contribution < -0.4 is 14.8 Å². The molecule has 0 saturated heterocycles. The van der Waals surface area contributed by atoms with Crippen molar-refractivity contribution in [2.45, 2.75) is 19.9 Å². The number of hydrogen-bond donors (Lipinski definition) is 2. The number of halogens is 1. The van der Waals surface area contributed by atoms with Crippen LogP contribution >= 0.6 is 0 Å². The molecule has 1 aromatic heterocycles. The molecule has 0 bridgehead atoms. The van der Waals surface area contributed by atoms with Crippen LogP contribution in [0.1, 0.15) is 12.7 Å². The van der Waals surface area contributed by atoms with E-state index in [9.17, 15) is 17.6 Å². The number of hydrogen-bond acceptors (Lipinski definition) is 6. The first-order valence-electron chi connectivity index (χ1n) is 7.38. The number of benzene rings is 1. The van der Waals surface area contributed by atoms with Crippen LogP contribution in [0.15, 0.2) is 34.9 Å². The normalized spacial score (nSPS) is 12.6. The molecule has 1 heterocycles. The summed E-state index contributed by atoms with van der Waals surface area (Å²) in [5, 5.41) is 6.03. The van der Waals surface area contributed by atoms with Crippen molar-refractivity contribution >= 4 is 21.7 Å². The molecule has 0 fully saturated rings. The predicted molar refractivity (Wildman–Crippen MR) is 88.1 cm³/mol. The summed E-state index contributed by atoms with van der Waals surface area (Å²) in [7, 11) is -3.74. The zero-order chi connectivity index (χ0) is 18.4. The fraction of sp³-hybridized carbons (Fsp3) is 0.333. The Bertz CT molecular complexity index is 820. The third-order valence-electron chi connectivity index (χ3n) is 3.06. The Morgan fingerprint density at radius 3 is 2.64 bits per heavy atom. The van der Waals surface area contributed by atoms with Crippen molar-refractivity contribution in [2.24, 2.45) is 0 Å². The van der Waals surface area contributed by atoms with E-state index in [1.165, 1.54) is 37.3 Å². The second kappa shape index (κ2) is 8.08. The largest absolute Gasteiger partial charge is 0.492 e. The van der Waals surface area contributed by atoms with Crippen molar-refractivity contribution in [1.29, 1.82) is 0 Å². The molecule has 0 aliphatic rings. The van der Waals surface area contributed by atoms with Gasteiger partial charge in [0.2, 0.25) is 15.9 Å². The predicted octanol–water partition coefficient (Wildman–Crippen LogP) is 1.45. The lowest BCUT2D eigenvalue weighted by atomic mass is 10.3. The first-order chi connectivity index (χ1) is 11.7. The summed E-state index contributed by atoms with van der Waals surface area (Å²) < 4.78 is 49.0.